The smallest absolute Gasteiger partial charge is 0.250 e. The minimum atomic E-state index is -0.294. The highest BCUT2D eigenvalue weighted by atomic mass is 35.5. The maximum atomic E-state index is 12.0. The van der Waals surface area contributed by atoms with Crippen molar-refractivity contribution in [3.8, 4) is 5.75 Å². The molecule has 0 saturated heterocycles. The van der Waals surface area contributed by atoms with Gasteiger partial charge in [-0.2, -0.15) is 5.10 Å². The summed E-state index contributed by atoms with van der Waals surface area (Å²) >= 11 is 25.8. The molecule has 1 amide bonds. The molecule has 0 aliphatic heterocycles. The molecular weight excluding hydrogens is 526 g/mol. The van der Waals surface area contributed by atoms with Crippen LogP contribution in [0.5, 0.6) is 5.75 Å². The summed E-state index contributed by atoms with van der Waals surface area (Å²) in [5.74, 6) is 0.164. The standard InChI is InChI=1S/C22H18Cl4N4O2S/c1-12-5-13(2)29-22(28-12)33-11-20(31)30-27-9-15-7-18(25)21(19(26)8-15)32-10-14-3-4-16(23)17(24)6-14/h3-9H,10-11H2,1-2H3,(H,30,31)/b27-9-. The van der Waals surface area contributed by atoms with Crippen molar-refractivity contribution in [1.29, 1.82) is 0 Å². The van der Waals surface area contributed by atoms with Crippen molar-refractivity contribution in [3.05, 3.63) is 79.0 Å². The van der Waals surface area contributed by atoms with Crippen LogP contribution in [0.2, 0.25) is 20.1 Å². The molecule has 0 aliphatic carbocycles. The van der Waals surface area contributed by atoms with Crippen molar-refractivity contribution in [2.75, 3.05) is 5.75 Å². The zero-order valence-electron chi connectivity index (χ0n) is 17.5. The summed E-state index contributed by atoms with van der Waals surface area (Å²) in [5, 5.41) is 5.99. The van der Waals surface area contributed by atoms with Crippen LogP contribution >= 0.6 is 58.2 Å². The molecule has 1 heterocycles. The van der Waals surface area contributed by atoms with Gasteiger partial charge in [-0.15, -0.1) is 0 Å². The minimum absolute atomic E-state index is 0.128. The molecule has 0 unspecified atom stereocenters. The second-order valence-corrected chi connectivity index (χ2v) is 9.44. The lowest BCUT2D eigenvalue weighted by molar-refractivity contribution is -0.118. The third-order valence-corrected chi connectivity index (χ3v) is 6.23. The molecule has 172 valence electrons. The minimum Gasteiger partial charge on any atom is -0.486 e. The lowest BCUT2D eigenvalue weighted by atomic mass is 10.2. The van der Waals surface area contributed by atoms with Crippen molar-refractivity contribution in [2.45, 2.75) is 25.6 Å². The average molecular weight is 544 g/mol. The predicted octanol–water partition coefficient (Wildman–Crippen LogP) is 6.53. The Morgan fingerprint density at radius 2 is 1.67 bits per heavy atom. The fourth-order valence-electron chi connectivity index (χ4n) is 2.68. The number of rotatable bonds is 8. The fraction of sp³-hybridized carbons (Fsp3) is 0.182. The van der Waals surface area contributed by atoms with Crippen molar-refractivity contribution in [3.63, 3.8) is 0 Å². The molecule has 2 aromatic carbocycles. The van der Waals surface area contributed by atoms with Gasteiger partial charge in [0.25, 0.3) is 5.91 Å². The molecule has 3 aromatic rings. The number of carbonyl (C=O) groups is 1. The molecule has 0 radical (unpaired) electrons. The van der Waals surface area contributed by atoms with E-state index in [1.807, 2.05) is 19.9 Å². The van der Waals surface area contributed by atoms with Crippen LogP contribution in [0.4, 0.5) is 0 Å². The van der Waals surface area contributed by atoms with E-state index in [0.29, 0.717) is 36.6 Å². The number of aromatic nitrogens is 2. The summed E-state index contributed by atoms with van der Waals surface area (Å²) in [5.41, 5.74) is 5.56. The first kappa shape index (κ1) is 25.6. The number of aryl methyl sites for hydroxylation is 2. The second kappa shape index (κ2) is 11.9. The van der Waals surface area contributed by atoms with Gasteiger partial charge in [-0.05, 0) is 55.3 Å². The quantitative estimate of drug-likeness (QED) is 0.151. The molecule has 1 aromatic heterocycles. The zero-order valence-corrected chi connectivity index (χ0v) is 21.4. The van der Waals surface area contributed by atoms with Crippen molar-refractivity contribution in [2.24, 2.45) is 5.10 Å². The van der Waals surface area contributed by atoms with E-state index in [-0.39, 0.29) is 18.3 Å². The van der Waals surface area contributed by atoms with E-state index in [9.17, 15) is 4.79 Å². The molecule has 11 heteroatoms. The number of benzene rings is 2. The molecule has 0 saturated carbocycles. The number of nitrogens with zero attached hydrogens (tertiary/aromatic N) is 3. The molecule has 0 fully saturated rings. The highest BCUT2D eigenvalue weighted by molar-refractivity contribution is 7.99. The number of hydrogen-bond acceptors (Lipinski definition) is 6. The lowest BCUT2D eigenvalue weighted by Crippen LogP contribution is -2.19. The summed E-state index contributed by atoms with van der Waals surface area (Å²) in [6.07, 6.45) is 1.44. The Morgan fingerprint density at radius 1 is 1.00 bits per heavy atom. The number of nitrogens with one attached hydrogen (secondary N) is 1. The number of hydrogen-bond donors (Lipinski definition) is 1. The van der Waals surface area contributed by atoms with Gasteiger partial charge in [0.2, 0.25) is 0 Å². The first-order valence-corrected chi connectivity index (χ1v) is 12.0. The third kappa shape index (κ3) is 7.76. The summed E-state index contributed by atoms with van der Waals surface area (Å²) in [4.78, 5) is 20.6. The van der Waals surface area contributed by atoms with Gasteiger partial charge in [0.05, 0.1) is 32.1 Å². The molecule has 0 spiro atoms. The summed E-state index contributed by atoms with van der Waals surface area (Å²) in [6, 6.07) is 10.3. The number of thioether (sulfide) groups is 1. The van der Waals surface area contributed by atoms with Gasteiger partial charge in [0.1, 0.15) is 6.61 Å². The Hall–Kier alpha value is -2.03. The molecule has 0 aliphatic rings. The van der Waals surface area contributed by atoms with Crippen LogP contribution < -0.4 is 10.2 Å². The lowest BCUT2D eigenvalue weighted by Gasteiger charge is -2.11. The Balaban J connectivity index is 1.55. The number of halogens is 4. The summed E-state index contributed by atoms with van der Waals surface area (Å²) in [7, 11) is 0. The van der Waals surface area contributed by atoms with Crippen LogP contribution in [0.3, 0.4) is 0 Å². The van der Waals surface area contributed by atoms with Crippen LogP contribution in [-0.2, 0) is 11.4 Å². The second-order valence-electron chi connectivity index (χ2n) is 6.87. The van der Waals surface area contributed by atoms with Crippen LogP contribution in [0, 0.1) is 13.8 Å². The van der Waals surface area contributed by atoms with Crippen molar-refractivity contribution >= 4 is 70.3 Å². The van der Waals surface area contributed by atoms with E-state index in [1.54, 1.807) is 30.3 Å². The Bertz CT molecular complexity index is 1160. The predicted molar refractivity (Wildman–Crippen MR) is 135 cm³/mol. The summed E-state index contributed by atoms with van der Waals surface area (Å²) < 4.78 is 5.74. The van der Waals surface area contributed by atoms with Gasteiger partial charge in [-0.25, -0.2) is 15.4 Å². The summed E-state index contributed by atoms with van der Waals surface area (Å²) in [6.45, 7) is 3.97. The van der Waals surface area contributed by atoms with E-state index in [0.717, 1.165) is 17.0 Å². The number of ether oxygens (including phenoxy) is 1. The first-order valence-electron chi connectivity index (χ1n) is 9.54. The largest absolute Gasteiger partial charge is 0.486 e. The maximum Gasteiger partial charge on any atom is 0.250 e. The van der Waals surface area contributed by atoms with Gasteiger partial charge < -0.3 is 4.74 Å². The van der Waals surface area contributed by atoms with Gasteiger partial charge >= 0.3 is 0 Å². The van der Waals surface area contributed by atoms with E-state index in [2.05, 4.69) is 20.5 Å². The van der Waals surface area contributed by atoms with Gasteiger partial charge in [0.15, 0.2) is 10.9 Å². The van der Waals surface area contributed by atoms with E-state index in [1.165, 1.54) is 18.0 Å². The fourth-order valence-corrected chi connectivity index (χ4v) is 4.35. The molecule has 0 bridgehead atoms. The third-order valence-electron chi connectivity index (χ3n) is 4.08. The highest BCUT2D eigenvalue weighted by Gasteiger charge is 2.11. The number of amides is 1. The van der Waals surface area contributed by atoms with E-state index >= 15 is 0 Å². The van der Waals surface area contributed by atoms with Gasteiger partial charge in [-0.3, -0.25) is 4.79 Å². The van der Waals surface area contributed by atoms with E-state index in [4.69, 9.17) is 51.1 Å². The first-order chi connectivity index (χ1) is 15.7. The Labute approximate surface area is 215 Å². The van der Waals surface area contributed by atoms with Crippen molar-refractivity contribution < 1.29 is 9.53 Å². The van der Waals surface area contributed by atoms with Crippen LogP contribution in [0.15, 0.2) is 46.7 Å². The zero-order chi connectivity index (χ0) is 24.0. The Kier molecular flexibility index (Phi) is 9.23. The molecule has 0 atom stereocenters. The van der Waals surface area contributed by atoms with Crippen LogP contribution in [0.25, 0.3) is 0 Å². The molecule has 3 rings (SSSR count). The van der Waals surface area contributed by atoms with Gasteiger partial charge in [0, 0.05) is 11.4 Å². The maximum absolute atomic E-state index is 12.0. The number of carbonyl (C=O) groups excluding carboxylic acids is 1. The number of hydrazone groups is 1. The molecule has 33 heavy (non-hydrogen) atoms. The van der Waals surface area contributed by atoms with Crippen LogP contribution in [0.1, 0.15) is 22.5 Å². The van der Waals surface area contributed by atoms with Crippen molar-refractivity contribution in [1.82, 2.24) is 15.4 Å². The normalized spacial score (nSPS) is 11.1. The SMILES string of the molecule is Cc1cc(C)nc(SCC(=O)N/N=C\c2cc(Cl)c(OCc3ccc(Cl)c(Cl)c3)c(Cl)c2)n1. The Morgan fingerprint density at radius 3 is 2.30 bits per heavy atom. The van der Waals surface area contributed by atoms with Crippen LogP contribution in [-0.4, -0.2) is 27.8 Å². The van der Waals surface area contributed by atoms with E-state index < -0.39 is 0 Å². The molecule has 1 N–H and O–H groups in total. The molecular formula is C22H18Cl4N4O2S. The topological polar surface area (TPSA) is 76.5 Å². The van der Waals surface area contributed by atoms with Gasteiger partial charge in [-0.1, -0.05) is 64.2 Å². The highest BCUT2D eigenvalue weighted by Crippen LogP contribution is 2.34. The average Bonchev–Trinajstić information content (AvgIpc) is 2.73. The molecule has 6 nitrogen and oxygen atoms in total. The monoisotopic (exact) mass is 542 g/mol.